The Kier molecular flexibility index (Phi) is 5.10. The van der Waals surface area contributed by atoms with E-state index in [1.54, 1.807) is 29.2 Å². The van der Waals surface area contributed by atoms with E-state index in [2.05, 4.69) is 5.10 Å². The second-order valence-corrected chi connectivity index (χ2v) is 7.37. The largest absolute Gasteiger partial charge is 0.375 e. The summed E-state index contributed by atoms with van der Waals surface area (Å²) in [5.41, 5.74) is 0.595. The Labute approximate surface area is 157 Å². The SMILES string of the molecule is CC1(C)CC(CN2CCN(C(=O)c3ccc(C#N)cc3)C2=N[N+](=O)[O-])CO1. The monoisotopic (exact) mass is 371 g/mol. The van der Waals surface area contributed by atoms with Crippen LogP contribution in [0.25, 0.3) is 0 Å². The molecule has 1 atom stereocenters. The van der Waals surface area contributed by atoms with Crippen molar-refractivity contribution in [3.63, 3.8) is 0 Å². The van der Waals surface area contributed by atoms with Crippen molar-refractivity contribution >= 4 is 11.9 Å². The highest BCUT2D eigenvalue weighted by atomic mass is 16.7. The molecular weight excluding hydrogens is 350 g/mol. The van der Waals surface area contributed by atoms with Gasteiger partial charge in [0.05, 0.1) is 23.8 Å². The van der Waals surface area contributed by atoms with Crippen molar-refractivity contribution in [2.75, 3.05) is 26.2 Å². The van der Waals surface area contributed by atoms with Crippen LogP contribution in [0.2, 0.25) is 0 Å². The average molecular weight is 371 g/mol. The van der Waals surface area contributed by atoms with Crippen LogP contribution < -0.4 is 0 Å². The van der Waals surface area contributed by atoms with Crippen molar-refractivity contribution in [1.82, 2.24) is 9.80 Å². The molecule has 27 heavy (non-hydrogen) atoms. The normalized spacial score (nSPS) is 22.9. The van der Waals surface area contributed by atoms with Crippen LogP contribution >= 0.6 is 0 Å². The molecular formula is C18H21N5O4. The molecule has 9 heteroatoms. The first-order chi connectivity index (χ1) is 12.8. The van der Waals surface area contributed by atoms with Gasteiger partial charge >= 0.3 is 0 Å². The van der Waals surface area contributed by atoms with Crippen molar-refractivity contribution in [3.8, 4) is 6.07 Å². The fourth-order valence-electron chi connectivity index (χ4n) is 3.58. The lowest BCUT2D eigenvalue weighted by atomic mass is 9.97. The number of carbonyl (C=O) groups excluding carboxylic acids is 1. The number of ether oxygens (including phenoxy) is 1. The van der Waals surface area contributed by atoms with E-state index in [0.717, 1.165) is 6.42 Å². The molecule has 2 aliphatic rings. The third kappa shape index (κ3) is 4.23. The third-order valence-corrected chi connectivity index (χ3v) is 4.76. The highest BCUT2D eigenvalue weighted by Crippen LogP contribution is 2.30. The zero-order chi connectivity index (χ0) is 19.6. The summed E-state index contributed by atoms with van der Waals surface area (Å²) in [6, 6.07) is 8.17. The van der Waals surface area contributed by atoms with E-state index in [0.29, 0.717) is 37.4 Å². The molecule has 0 radical (unpaired) electrons. The fraction of sp³-hybridized carbons (Fsp3) is 0.500. The summed E-state index contributed by atoms with van der Waals surface area (Å²) in [5.74, 6) is -0.0911. The lowest BCUT2D eigenvalue weighted by molar-refractivity contribution is -0.486. The number of nitrogens with zero attached hydrogens (tertiary/aromatic N) is 5. The van der Waals surface area contributed by atoms with Gasteiger partial charge in [-0.05, 0) is 44.5 Å². The van der Waals surface area contributed by atoms with Crippen LogP contribution in [-0.4, -0.2) is 58.5 Å². The number of nitro groups is 1. The van der Waals surface area contributed by atoms with Gasteiger partial charge in [0.2, 0.25) is 0 Å². The zero-order valence-electron chi connectivity index (χ0n) is 15.3. The lowest BCUT2D eigenvalue weighted by Gasteiger charge is -2.22. The van der Waals surface area contributed by atoms with Crippen molar-refractivity contribution in [2.24, 2.45) is 11.0 Å². The summed E-state index contributed by atoms with van der Waals surface area (Å²) in [4.78, 5) is 26.9. The Hall–Kier alpha value is -2.99. The summed E-state index contributed by atoms with van der Waals surface area (Å²) in [6.45, 7) is 5.97. The van der Waals surface area contributed by atoms with Gasteiger partial charge < -0.3 is 9.64 Å². The van der Waals surface area contributed by atoms with Crippen LogP contribution in [0.5, 0.6) is 0 Å². The van der Waals surface area contributed by atoms with Crippen molar-refractivity contribution in [3.05, 3.63) is 45.5 Å². The van der Waals surface area contributed by atoms with Gasteiger partial charge in [-0.2, -0.15) is 5.26 Å². The van der Waals surface area contributed by atoms with E-state index in [9.17, 15) is 14.9 Å². The van der Waals surface area contributed by atoms with Gasteiger partial charge in [-0.3, -0.25) is 9.69 Å². The average Bonchev–Trinajstić information content (AvgIpc) is 3.17. The van der Waals surface area contributed by atoms with Crippen molar-refractivity contribution in [2.45, 2.75) is 25.9 Å². The maximum atomic E-state index is 12.8. The molecule has 0 N–H and O–H groups in total. The number of rotatable bonds is 4. The smallest absolute Gasteiger partial charge is 0.281 e. The molecule has 1 unspecified atom stereocenters. The number of benzene rings is 1. The van der Waals surface area contributed by atoms with E-state index in [1.807, 2.05) is 19.9 Å². The lowest BCUT2D eigenvalue weighted by Crippen LogP contribution is -2.40. The van der Waals surface area contributed by atoms with Gasteiger partial charge in [0.15, 0.2) is 5.03 Å². The third-order valence-electron chi connectivity index (χ3n) is 4.76. The minimum absolute atomic E-state index is 0.0547. The molecule has 1 aromatic carbocycles. The van der Waals surface area contributed by atoms with E-state index in [1.165, 1.54) is 4.90 Å². The molecule has 0 saturated carbocycles. The maximum absolute atomic E-state index is 12.8. The fourth-order valence-corrected chi connectivity index (χ4v) is 3.58. The molecule has 0 aliphatic carbocycles. The summed E-state index contributed by atoms with van der Waals surface area (Å²) >= 11 is 0. The molecule has 0 spiro atoms. The number of hydrogen-bond donors (Lipinski definition) is 0. The molecule has 2 aliphatic heterocycles. The van der Waals surface area contributed by atoms with Crippen LogP contribution in [0.1, 0.15) is 36.2 Å². The van der Waals surface area contributed by atoms with Crippen molar-refractivity contribution in [1.29, 1.82) is 5.26 Å². The van der Waals surface area contributed by atoms with Crippen LogP contribution in [-0.2, 0) is 4.74 Å². The first kappa shape index (κ1) is 18.8. The minimum atomic E-state index is -0.776. The number of nitriles is 1. The first-order valence-corrected chi connectivity index (χ1v) is 8.73. The first-order valence-electron chi connectivity index (χ1n) is 8.73. The molecule has 0 bridgehead atoms. The molecule has 0 aromatic heterocycles. The molecule has 2 heterocycles. The number of amides is 1. The molecule has 1 amide bonds. The van der Waals surface area contributed by atoms with Gasteiger partial charge in [-0.15, -0.1) is 0 Å². The molecule has 9 nitrogen and oxygen atoms in total. The highest BCUT2D eigenvalue weighted by Gasteiger charge is 2.39. The second kappa shape index (κ2) is 7.32. The topological polar surface area (TPSA) is 112 Å². The quantitative estimate of drug-likeness (QED) is 0.588. The predicted octanol–water partition coefficient (Wildman–Crippen LogP) is 1.68. The Bertz CT molecular complexity index is 812. The number of hydrogen-bond acceptors (Lipinski definition) is 5. The molecule has 2 saturated heterocycles. The second-order valence-electron chi connectivity index (χ2n) is 7.37. The summed E-state index contributed by atoms with van der Waals surface area (Å²) in [7, 11) is 0. The zero-order valence-corrected chi connectivity index (χ0v) is 15.3. The van der Waals surface area contributed by atoms with E-state index in [-0.39, 0.29) is 23.4 Å². The standard InChI is InChI=1S/C18H21N5O4/c1-18(2)9-14(12-27-18)11-21-7-8-22(17(21)20-23(25)26)16(24)15-5-3-13(10-19)4-6-15/h3-6,14H,7-9,11-12H2,1-2H3. The highest BCUT2D eigenvalue weighted by molar-refractivity contribution is 6.06. The molecule has 142 valence electrons. The number of guanidine groups is 1. The predicted molar refractivity (Wildman–Crippen MR) is 96.3 cm³/mol. The van der Waals surface area contributed by atoms with Gasteiger partial charge in [-0.25, -0.2) is 10.1 Å². The van der Waals surface area contributed by atoms with Crippen LogP contribution in [0.4, 0.5) is 0 Å². The summed E-state index contributed by atoms with van der Waals surface area (Å²) in [5, 5.41) is 22.6. The maximum Gasteiger partial charge on any atom is 0.281 e. The van der Waals surface area contributed by atoms with E-state index < -0.39 is 5.03 Å². The Balaban J connectivity index is 1.78. The van der Waals surface area contributed by atoms with Gasteiger partial charge in [0.1, 0.15) is 5.10 Å². The Morgan fingerprint density at radius 3 is 2.67 bits per heavy atom. The summed E-state index contributed by atoms with van der Waals surface area (Å²) < 4.78 is 5.74. The molecule has 3 rings (SSSR count). The number of carbonyl (C=O) groups is 1. The van der Waals surface area contributed by atoms with Gasteiger partial charge in [-0.1, -0.05) is 0 Å². The minimum Gasteiger partial charge on any atom is -0.375 e. The van der Waals surface area contributed by atoms with Crippen LogP contribution in [0.15, 0.2) is 29.4 Å². The van der Waals surface area contributed by atoms with Gasteiger partial charge in [0, 0.05) is 31.1 Å². The molecule has 1 aromatic rings. The van der Waals surface area contributed by atoms with Crippen LogP contribution in [0, 0.1) is 27.4 Å². The van der Waals surface area contributed by atoms with Crippen molar-refractivity contribution < 1.29 is 14.6 Å². The Morgan fingerprint density at radius 1 is 1.41 bits per heavy atom. The van der Waals surface area contributed by atoms with Crippen LogP contribution in [0.3, 0.4) is 0 Å². The van der Waals surface area contributed by atoms with E-state index >= 15 is 0 Å². The van der Waals surface area contributed by atoms with Gasteiger partial charge in [0.25, 0.3) is 11.9 Å². The number of hydrazone groups is 1. The summed E-state index contributed by atoms with van der Waals surface area (Å²) in [6.07, 6.45) is 0.846. The molecule has 2 fully saturated rings. The Morgan fingerprint density at radius 2 is 2.11 bits per heavy atom. The van der Waals surface area contributed by atoms with E-state index in [4.69, 9.17) is 10.00 Å².